The van der Waals surface area contributed by atoms with Crippen LogP contribution < -0.4 is 26.3 Å². The number of nitro benzene ring substituents is 1. The van der Waals surface area contributed by atoms with E-state index in [9.17, 15) is 30.2 Å². The van der Waals surface area contributed by atoms with Crippen molar-refractivity contribution in [2.24, 2.45) is 16.7 Å². The predicted molar refractivity (Wildman–Crippen MR) is 95.2 cm³/mol. The lowest BCUT2D eigenvalue weighted by molar-refractivity contribution is -0.516. The molecule has 0 saturated heterocycles. The summed E-state index contributed by atoms with van der Waals surface area (Å²) < 4.78 is 0. The third-order valence-electron chi connectivity index (χ3n) is 6.01. The molecule has 1 saturated carbocycles. The molecule has 12 heteroatoms. The largest absolute Gasteiger partial charge is 0.883 e. The number of carboxylic acids is 1. The maximum atomic E-state index is 11.8. The maximum Gasteiger partial charge on any atom is 0.307 e. The standard InChI is InChI=1S/C17H24N4O8/c1-16(2)10(14(22)23)6-7-17(16,3)13(15(24)25)19-18-11-5-4-9(20(26)27)8-12(11)21(28)29/h4-5,8,10,18-19,24-27H,6-7H2,1-3H3,(H,22,23)/p-2/t10-,17-/m1/s1. The van der Waals surface area contributed by atoms with Crippen LogP contribution in [0.3, 0.4) is 0 Å². The summed E-state index contributed by atoms with van der Waals surface area (Å²) in [5, 5.41) is 62.1. The van der Waals surface area contributed by atoms with E-state index in [1.165, 1.54) is 0 Å². The molecule has 2 atom stereocenters. The van der Waals surface area contributed by atoms with Crippen LogP contribution in [0.5, 0.6) is 0 Å². The van der Waals surface area contributed by atoms with Crippen LogP contribution in [0.1, 0.15) is 33.6 Å². The first kappa shape index (κ1) is 22.0. The predicted octanol–water partition coefficient (Wildman–Crippen LogP) is 0.513. The number of anilines is 2. The highest BCUT2D eigenvalue weighted by Crippen LogP contribution is 2.59. The molecule has 1 aliphatic rings. The second-order valence-corrected chi connectivity index (χ2v) is 7.64. The lowest BCUT2D eigenvalue weighted by Gasteiger charge is -2.46. The summed E-state index contributed by atoms with van der Waals surface area (Å²) in [4.78, 5) is 22.0. The summed E-state index contributed by atoms with van der Waals surface area (Å²) in [7, 11) is 0. The molecule has 1 aromatic carbocycles. The average molecular weight is 410 g/mol. The number of nitrogens with zero attached hydrogens (tertiary/aromatic N) is 2. The van der Waals surface area contributed by atoms with Crippen molar-refractivity contribution in [3.05, 3.63) is 40.0 Å². The summed E-state index contributed by atoms with van der Waals surface area (Å²) in [6.07, 6.45) is 0.509. The Morgan fingerprint density at radius 3 is 2.34 bits per heavy atom. The van der Waals surface area contributed by atoms with Crippen LogP contribution in [0.25, 0.3) is 0 Å². The van der Waals surface area contributed by atoms with Gasteiger partial charge >= 0.3 is 5.97 Å². The zero-order chi connectivity index (χ0) is 22.1. The lowest BCUT2D eigenvalue weighted by Crippen LogP contribution is -2.46. The molecule has 160 valence electrons. The van der Waals surface area contributed by atoms with Gasteiger partial charge < -0.3 is 20.7 Å². The molecule has 0 heterocycles. The summed E-state index contributed by atoms with van der Waals surface area (Å²) in [6, 6.07) is 3.16. The minimum absolute atomic E-state index is 0.145. The first-order valence-electron chi connectivity index (χ1n) is 8.63. The van der Waals surface area contributed by atoms with Gasteiger partial charge in [-0.3, -0.25) is 30.7 Å². The zero-order valence-corrected chi connectivity index (χ0v) is 16.0. The monoisotopic (exact) mass is 410 g/mol. The van der Waals surface area contributed by atoms with E-state index in [2.05, 4.69) is 10.9 Å². The summed E-state index contributed by atoms with van der Waals surface area (Å²) >= 11 is 0. The van der Waals surface area contributed by atoms with Crippen LogP contribution in [-0.2, 0) is 4.79 Å². The fourth-order valence-electron chi connectivity index (χ4n) is 3.83. The number of hydrogen-bond donors (Lipinski definition) is 5. The number of aliphatic carboxylic acids is 1. The molecule has 0 amide bonds. The Bertz CT molecular complexity index is 850. The first-order chi connectivity index (χ1) is 13.3. The van der Waals surface area contributed by atoms with Gasteiger partial charge in [0.25, 0.3) is 5.69 Å². The lowest BCUT2D eigenvalue weighted by atomic mass is 9.64. The van der Waals surface area contributed by atoms with Gasteiger partial charge in [-0.15, -0.1) is 5.23 Å². The van der Waals surface area contributed by atoms with Crippen molar-refractivity contribution in [3.8, 4) is 0 Å². The Balaban J connectivity index is 2.36. The molecule has 1 aliphatic carbocycles. The van der Waals surface area contributed by atoms with Crippen LogP contribution in [-0.4, -0.2) is 26.4 Å². The molecule has 0 spiro atoms. The molecule has 1 aromatic rings. The van der Waals surface area contributed by atoms with Gasteiger partial charge in [0.05, 0.1) is 10.8 Å². The number of allylic oxidation sites excluding steroid dienone is 1. The minimum atomic E-state index is -1.57. The van der Waals surface area contributed by atoms with Crippen LogP contribution >= 0.6 is 0 Å². The number of nitro groups is 1. The van der Waals surface area contributed by atoms with Crippen molar-refractivity contribution < 1.29 is 35.5 Å². The van der Waals surface area contributed by atoms with Crippen molar-refractivity contribution >= 4 is 23.0 Å². The van der Waals surface area contributed by atoms with Crippen LogP contribution in [0.2, 0.25) is 0 Å². The fourth-order valence-corrected chi connectivity index (χ4v) is 3.83. The molecule has 29 heavy (non-hydrogen) atoms. The van der Waals surface area contributed by atoms with E-state index in [-0.39, 0.29) is 35.1 Å². The molecular weight excluding hydrogens is 388 g/mol. The van der Waals surface area contributed by atoms with Crippen LogP contribution in [0, 0.1) is 26.9 Å². The van der Waals surface area contributed by atoms with Crippen molar-refractivity contribution in [1.82, 2.24) is 5.43 Å². The van der Waals surface area contributed by atoms with Gasteiger partial charge in [-0.05, 0) is 30.4 Å². The van der Waals surface area contributed by atoms with Gasteiger partial charge in [0.1, 0.15) is 11.4 Å². The molecule has 2 rings (SSSR count). The van der Waals surface area contributed by atoms with E-state index >= 15 is 0 Å². The van der Waals surface area contributed by atoms with Crippen LogP contribution in [0.15, 0.2) is 29.8 Å². The third-order valence-corrected chi connectivity index (χ3v) is 6.01. The molecule has 0 aliphatic heterocycles. The number of nitrogens with one attached hydrogen (secondary N) is 2. The molecule has 0 radical (unpaired) electrons. The van der Waals surface area contributed by atoms with E-state index in [4.69, 9.17) is 10.4 Å². The highest BCUT2D eigenvalue weighted by molar-refractivity contribution is 5.72. The van der Waals surface area contributed by atoms with E-state index < -0.39 is 39.3 Å². The zero-order valence-electron chi connectivity index (χ0n) is 16.0. The van der Waals surface area contributed by atoms with Gasteiger partial charge in [0.2, 0.25) is 0 Å². The van der Waals surface area contributed by atoms with Crippen LogP contribution in [0.4, 0.5) is 17.1 Å². The van der Waals surface area contributed by atoms with Crippen molar-refractivity contribution in [2.75, 3.05) is 10.7 Å². The Labute approximate surface area is 165 Å². The fraction of sp³-hybridized carbons (Fsp3) is 0.471. The molecule has 1 fully saturated rings. The Hall–Kier alpha value is -3.25. The molecule has 12 nitrogen and oxygen atoms in total. The molecule has 0 unspecified atom stereocenters. The number of hydrogen-bond acceptors (Lipinski definition) is 10. The Morgan fingerprint density at radius 1 is 1.28 bits per heavy atom. The van der Waals surface area contributed by atoms with E-state index in [1.54, 1.807) is 20.8 Å². The van der Waals surface area contributed by atoms with Crippen molar-refractivity contribution in [3.63, 3.8) is 0 Å². The topological polar surface area (TPSA) is 194 Å². The third kappa shape index (κ3) is 3.84. The van der Waals surface area contributed by atoms with Gasteiger partial charge in [-0.1, -0.05) is 20.8 Å². The maximum absolute atomic E-state index is 11.8. The SMILES string of the molecule is CC1(C)[C@@H](C(=O)O)CC[C@]1(C)C(NNc1ccc(N(O)O)cc1[N+](=O)[O-])=C([O-])[O-]. The second-order valence-electron chi connectivity index (χ2n) is 7.64. The Kier molecular flexibility index (Phi) is 5.81. The van der Waals surface area contributed by atoms with E-state index in [1.807, 2.05) is 0 Å². The molecule has 0 bridgehead atoms. The number of rotatable bonds is 7. The highest BCUT2D eigenvalue weighted by Gasteiger charge is 2.55. The normalized spacial score (nSPS) is 22.6. The summed E-state index contributed by atoms with van der Waals surface area (Å²) in [6.45, 7) is 4.90. The van der Waals surface area contributed by atoms with Gasteiger partial charge in [0, 0.05) is 17.2 Å². The minimum Gasteiger partial charge on any atom is -0.883 e. The summed E-state index contributed by atoms with van der Waals surface area (Å²) in [5.74, 6) is -3.39. The van der Waals surface area contributed by atoms with Crippen molar-refractivity contribution in [1.29, 1.82) is 0 Å². The number of carboxylic acid groups (broad SMARTS) is 1. The second kappa shape index (κ2) is 7.64. The van der Waals surface area contributed by atoms with Gasteiger partial charge in [-0.25, -0.2) is 0 Å². The average Bonchev–Trinajstić information content (AvgIpc) is 2.84. The number of hydrazine groups is 1. The summed E-state index contributed by atoms with van der Waals surface area (Å²) in [5.41, 5.74) is 1.50. The van der Waals surface area contributed by atoms with Gasteiger partial charge in [-0.2, -0.15) is 5.95 Å². The van der Waals surface area contributed by atoms with E-state index in [0.29, 0.717) is 0 Å². The van der Waals surface area contributed by atoms with E-state index in [0.717, 1.165) is 18.2 Å². The van der Waals surface area contributed by atoms with Crippen molar-refractivity contribution in [2.45, 2.75) is 33.6 Å². The quantitative estimate of drug-likeness (QED) is 0.239. The molecule has 5 N–H and O–H groups in total. The number of benzene rings is 1. The molecule has 0 aromatic heterocycles. The molecular formula is C17H22N4O8-2. The smallest absolute Gasteiger partial charge is 0.307 e. The highest BCUT2D eigenvalue weighted by atomic mass is 16.8. The first-order valence-corrected chi connectivity index (χ1v) is 8.63. The Morgan fingerprint density at radius 2 is 1.90 bits per heavy atom. The van der Waals surface area contributed by atoms with Gasteiger partial charge in [0.15, 0.2) is 0 Å². The number of carbonyl (C=O) groups is 1.